The number of aromatic nitrogens is 2. The zero-order valence-corrected chi connectivity index (χ0v) is 14.5. The van der Waals surface area contributed by atoms with Crippen molar-refractivity contribution in [3.63, 3.8) is 0 Å². The Morgan fingerprint density at radius 2 is 1.83 bits per heavy atom. The summed E-state index contributed by atoms with van der Waals surface area (Å²) in [7, 11) is 1.43. The van der Waals surface area contributed by atoms with Gasteiger partial charge in [0.15, 0.2) is 0 Å². The minimum atomic E-state index is -0.0869. The summed E-state index contributed by atoms with van der Waals surface area (Å²) in [6.07, 6.45) is 5.13. The molecule has 1 aromatic carbocycles. The van der Waals surface area contributed by atoms with E-state index in [2.05, 4.69) is 21.8 Å². The fourth-order valence-corrected chi connectivity index (χ4v) is 1.92. The number of esters is 1. The third-order valence-electron chi connectivity index (χ3n) is 3.30. The standard InChI is InChI=1S/C10H10N2O.C8H16O2/c1-7-3-5-9(6-4-7)10-11-8(2)13-12-10;1-3-4-5-6-7-8(9)10-2/h3-6H,1-2H3;3-7H2,1-2H3. The molecule has 0 saturated heterocycles. The monoisotopic (exact) mass is 318 g/mol. The van der Waals surface area contributed by atoms with Crippen LogP contribution < -0.4 is 0 Å². The molecule has 5 nitrogen and oxygen atoms in total. The van der Waals surface area contributed by atoms with Crippen LogP contribution in [0.15, 0.2) is 28.8 Å². The van der Waals surface area contributed by atoms with E-state index in [4.69, 9.17) is 4.52 Å². The minimum Gasteiger partial charge on any atom is -0.469 e. The van der Waals surface area contributed by atoms with Gasteiger partial charge in [-0.05, 0) is 13.3 Å². The van der Waals surface area contributed by atoms with Gasteiger partial charge in [0.25, 0.3) is 0 Å². The van der Waals surface area contributed by atoms with Gasteiger partial charge in [0.05, 0.1) is 7.11 Å². The number of benzene rings is 1. The summed E-state index contributed by atoms with van der Waals surface area (Å²) >= 11 is 0. The van der Waals surface area contributed by atoms with E-state index in [9.17, 15) is 4.79 Å². The lowest BCUT2D eigenvalue weighted by Gasteiger charge is -1.97. The van der Waals surface area contributed by atoms with E-state index in [1.807, 2.05) is 31.2 Å². The molecule has 5 heteroatoms. The number of carbonyl (C=O) groups is 1. The third-order valence-corrected chi connectivity index (χ3v) is 3.30. The van der Waals surface area contributed by atoms with Crippen LogP contribution in [0.25, 0.3) is 11.4 Å². The van der Waals surface area contributed by atoms with Crippen LogP contribution in [0.5, 0.6) is 0 Å². The van der Waals surface area contributed by atoms with Crippen molar-refractivity contribution in [1.29, 1.82) is 0 Å². The molecule has 2 rings (SSSR count). The number of carbonyl (C=O) groups excluding carboxylic acids is 1. The van der Waals surface area contributed by atoms with Gasteiger partial charge >= 0.3 is 5.97 Å². The highest BCUT2D eigenvalue weighted by Gasteiger charge is 2.03. The average Bonchev–Trinajstić information content (AvgIpc) is 2.99. The van der Waals surface area contributed by atoms with Gasteiger partial charge in [-0.2, -0.15) is 4.98 Å². The Kier molecular flexibility index (Phi) is 8.65. The van der Waals surface area contributed by atoms with Crippen LogP contribution in [0.4, 0.5) is 0 Å². The van der Waals surface area contributed by atoms with E-state index in [-0.39, 0.29) is 5.97 Å². The molecule has 1 aromatic heterocycles. The predicted octanol–water partition coefficient (Wildman–Crippen LogP) is 4.48. The number of unbranched alkanes of at least 4 members (excludes halogenated alkanes) is 3. The molecule has 2 aromatic rings. The van der Waals surface area contributed by atoms with Crippen LogP contribution in [-0.2, 0) is 9.53 Å². The van der Waals surface area contributed by atoms with Gasteiger partial charge in [0, 0.05) is 18.9 Å². The third kappa shape index (κ3) is 7.58. The maximum Gasteiger partial charge on any atom is 0.305 e. The predicted molar refractivity (Wildman–Crippen MR) is 90.0 cm³/mol. The second-order valence-electron chi connectivity index (χ2n) is 5.39. The summed E-state index contributed by atoms with van der Waals surface area (Å²) in [4.78, 5) is 14.7. The molecule has 0 atom stereocenters. The van der Waals surface area contributed by atoms with Crippen molar-refractivity contribution in [2.24, 2.45) is 0 Å². The van der Waals surface area contributed by atoms with Crippen molar-refractivity contribution in [3.8, 4) is 11.4 Å². The first-order chi connectivity index (χ1) is 11.1. The van der Waals surface area contributed by atoms with Gasteiger partial charge in [0.1, 0.15) is 0 Å². The quantitative estimate of drug-likeness (QED) is 0.580. The molecular weight excluding hydrogens is 292 g/mol. The molecule has 23 heavy (non-hydrogen) atoms. The summed E-state index contributed by atoms with van der Waals surface area (Å²) in [6.45, 7) is 5.98. The maximum absolute atomic E-state index is 10.6. The number of methoxy groups -OCH3 is 1. The number of rotatable bonds is 6. The van der Waals surface area contributed by atoms with Crippen molar-refractivity contribution in [3.05, 3.63) is 35.7 Å². The Balaban J connectivity index is 0.000000241. The van der Waals surface area contributed by atoms with E-state index >= 15 is 0 Å². The van der Waals surface area contributed by atoms with Crippen LogP contribution in [0.3, 0.4) is 0 Å². The molecule has 126 valence electrons. The molecule has 0 aliphatic heterocycles. The van der Waals surface area contributed by atoms with Gasteiger partial charge in [-0.1, -0.05) is 61.2 Å². The molecule has 0 fully saturated rings. The molecular formula is C18H26N2O3. The topological polar surface area (TPSA) is 65.2 Å². The Labute approximate surface area is 138 Å². The van der Waals surface area contributed by atoms with Gasteiger partial charge in [-0.3, -0.25) is 4.79 Å². The van der Waals surface area contributed by atoms with E-state index in [1.165, 1.54) is 25.5 Å². The normalized spacial score (nSPS) is 9.91. The average molecular weight is 318 g/mol. The largest absolute Gasteiger partial charge is 0.469 e. The van der Waals surface area contributed by atoms with E-state index in [1.54, 1.807) is 6.92 Å². The molecule has 0 bridgehead atoms. The van der Waals surface area contributed by atoms with Crippen molar-refractivity contribution >= 4 is 5.97 Å². The Morgan fingerprint density at radius 1 is 1.13 bits per heavy atom. The number of ether oxygens (including phenoxy) is 1. The lowest BCUT2D eigenvalue weighted by Crippen LogP contribution is -1.98. The second-order valence-corrected chi connectivity index (χ2v) is 5.39. The lowest BCUT2D eigenvalue weighted by atomic mass is 10.1. The number of nitrogens with zero attached hydrogens (tertiary/aromatic N) is 2. The molecule has 0 amide bonds. The Morgan fingerprint density at radius 3 is 2.35 bits per heavy atom. The van der Waals surface area contributed by atoms with Crippen LogP contribution >= 0.6 is 0 Å². The molecule has 0 unspecified atom stereocenters. The SMILES string of the molecule is CCCCCCC(=O)OC.Cc1ccc(-c2noc(C)n2)cc1. The first-order valence-electron chi connectivity index (χ1n) is 8.01. The van der Waals surface area contributed by atoms with E-state index < -0.39 is 0 Å². The number of hydrogen-bond acceptors (Lipinski definition) is 5. The van der Waals surface area contributed by atoms with Crippen LogP contribution in [0.1, 0.15) is 50.5 Å². The first-order valence-corrected chi connectivity index (χ1v) is 8.01. The zero-order chi connectivity index (χ0) is 17.1. The van der Waals surface area contributed by atoms with Crippen LogP contribution in [0.2, 0.25) is 0 Å². The maximum atomic E-state index is 10.6. The van der Waals surface area contributed by atoms with Crippen LogP contribution in [0, 0.1) is 13.8 Å². The zero-order valence-electron chi connectivity index (χ0n) is 14.5. The lowest BCUT2D eigenvalue weighted by molar-refractivity contribution is -0.140. The highest BCUT2D eigenvalue weighted by molar-refractivity contribution is 5.68. The summed E-state index contributed by atoms with van der Waals surface area (Å²) in [6, 6.07) is 8.03. The minimum absolute atomic E-state index is 0.0869. The first kappa shape index (κ1) is 18.9. The molecule has 0 radical (unpaired) electrons. The smallest absolute Gasteiger partial charge is 0.305 e. The van der Waals surface area contributed by atoms with Crippen molar-refractivity contribution < 1.29 is 14.1 Å². The Hall–Kier alpha value is -2.17. The van der Waals surface area contributed by atoms with E-state index in [0.717, 1.165) is 18.4 Å². The number of aryl methyl sites for hydroxylation is 2. The molecule has 1 heterocycles. The molecule has 0 spiro atoms. The second kappa shape index (κ2) is 10.5. The summed E-state index contributed by atoms with van der Waals surface area (Å²) in [5, 5.41) is 3.83. The van der Waals surface area contributed by atoms with Crippen LogP contribution in [-0.4, -0.2) is 23.2 Å². The number of hydrogen-bond donors (Lipinski definition) is 0. The summed E-state index contributed by atoms with van der Waals surface area (Å²) < 4.78 is 9.38. The highest BCUT2D eigenvalue weighted by atomic mass is 16.5. The molecule has 0 aliphatic carbocycles. The fourth-order valence-electron chi connectivity index (χ4n) is 1.92. The highest BCUT2D eigenvalue weighted by Crippen LogP contribution is 2.15. The van der Waals surface area contributed by atoms with Crippen molar-refractivity contribution in [1.82, 2.24) is 10.1 Å². The van der Waals surface area contributed by atoms with Crippen molar-refractivity contribution in [2.75, 3.05) is 7.11 Å². The Bertz CT molecular complexity index is 576. The van der Waals surface area contributed by atoms with Gasteiger partial charge in [0.2, 0.25) is 11.7 Å². The molecule has 0 N–H and O–H groups in total. The summed E-state index contributed by atoms with van der Waals surface area (Å²) in [5.74, 6) is 1.16. The van der Waals surface area contributed by atoms with Gasteiger partial charge < -0.3 is 9.26 Å². The molecule has 0 aliphatic rings. The van der Waals surface area contributed by atoms with Gasteiger partial charge in [-0.15, -0.1) is 0 Å². The molecule has 0 saturated carbocycles. The summed E-state index contributed by atoms with van der Waals surface area (Å²) in [5.41, 5.74) is 2.21. The fraction of sp³-hybridized carbons (Fsp3) is 0.500. The van der Waals surface area contributed by atoms with Crippen molar-refractivity contribution in [2.45, 2.75) is 52.9 Å². The van der Waals surface area contributed by atoms with E-state index in [0.29, 0.717) is 18.1 Å². The van der Waals surface area contributed by atoms with Gasteiger partial charge in [-0.25, -0.2) is 0 Å².